The fourth-order valence-corrected chi connectivity index (χ4v) is 3.13. The summed E-state index contributed by atoms with van der Waals surface area (Å²) >= 11 is 3.48. The van der Waals surface area contributed by atoms with Gasteiger partial charge in [-0.2, -0.15) is 0 Å². The van der Waals surface area contributed by atoms with Gasteiger partial charge in [-0.3, -0.25) is 0 Å². The Labute approximate surface area is 112 Å². The first kappa shape index (κ1) is 13.1. The average Bonchev–Trinajstić information content (AvgIpc) is 2.34. The van der Waals surface area contributed by atoms with E-state index < -0.39 is 0 Å². The lowest BCUT2D eigenvalue weighted by molar-refractivity contribution is 0.0952. The van der Waals surface area contributed by atoms with E-state index in [-0.39, 0.29) is 11.5 Å². The molecule has 0 radical (unpaired) electrons. The Morgan fingerprint density at radius 2 is 1.88 bits per heavy atom. The van der Waals surface area contributed by atoms with Crippen molar-refractivity contribution in [3.63, 3.8) is 0 Å². The van der Waals surface area contributed by atoms with E-state index in [2.05, 4.69) is 45.5 Å². The van der Waals surface area contributed by atoms with Gasteiger partial charge in [0.1, 0.15) is 0 Å². The summed E-state index contributed by atoms with van der Waals surface area (Å²) in [6.07, 6.45) is 3.86. The average molecular weight is 298 g/mol. The Hall–Kier alpha value is -0.380. The van der Waals surface area contributed by atoms with Gasteiger partial charge >= 0.3 is 0 Å². The van der Waals surface area contributed by atoms with E-state index in [4.69, 9.17) is 0 Å². The first-order valence-electron chi connectivity index (χ1n) is 6.25. The van der Waals surface area contributed by atoms with Crippen LogP contribution in [0.3, 0.4) is 0 Å². The molecule has 3 heteroatoms. The van der Waals surface area contributed by atoms with Crippen LogP contribution in [-0.4, -0.2) is 24.8 Å². The zero-order chi connectivity index (χ0) is 12.3. The van der Waals surface area contributed by atoms with Crippen LogP contribution in [-0.2, 0) is 5.41 Å². The molecular weight excluding hydrogens is 278 g/mol. The van der Waals surface area contributed by atoms with Crippen molar-refractivity contribution in [3.8, 4) is 0 Å². The molecular formula is C14H20BrNO. The molecule has 1 aromatic rings. The maximum Gasteiger partial charge on any atom is 0.0541 e. The summed E-state index contributed by atoms with van der Waals surface area (Å²) in [6, 6.07) is 8.63. The summed E-state index contributed by atoms with van der Waals surface area (Å²) in [5.74, 6) is 0. The van der Waals surface area contributed by atoms with Crippen LogP contribution in [0.15, 0.2) is 28.7 Å². The van der Waals surface area contributed by atoms with E-state index in [1.54, 1.807) is 0 Å². The van der Waals surface area contributed by atoms with E-state index >= 15 is 0 Å². The summed E-state index contributed by atoms with van der Waals surface area (Å²) < 4.78 is 1.12. The van der Waals surface area contributed by atoms with Crippen LogP contribution in [0.2, 0.25) is 0 Å². The van der Waals surface area contributed by atoms with Gasteiger partial charge in [0.15, 0.2) is 0 Å². The molecule has 2 nitrogen and oxygen atoms in total. The van der Waals surface area contributed by atoms with Crippen LogP contribution in [0, 0.1) is 0 Å². The number of aliphatic hydroxyl groups is 1. The smallest absolute Gasteiger partial charge is 0.0541 e. The van der Waals surface area contributed by atoms with E-state index in [1.807, 2.05) is 7.05 Å². The lowest BCUT2D eigenvalue weighted by atomic mass is 9.68. The van der Waals surface area contributed by atoms with Gasteiger partial charge < -0.3 is 10.4 Å². The number of halogens is 1. The van der Waals surface area contributed by atoms with Crippen LogP contribution >= 0.6 is 15.9 Å². The van der Waals surface area contributed by atoms with Crippen LogP contribution in [0.5, 0.6) is 0 Å². The van der Waals surface area contributed by atoms with Gasteiger partial charge in [0.05, 0.1) is 6.10 Å². The second kappa shape index (κ2) is 5.51. The molecule has 0 saturated heterocycles. The molecule has 17 heavy (non-hydrogen) atoms. The highest BCUT2D eigenvalue weighted by atomic mass is 79.9. The highest BCUT2D eigenvalue weighted by Gasteiger charge is 2.35. The Morgan fingerprint density at radius 1 is 1.29 bits per heavy atom. The SMILES string of the molecule is CNCC1(c2ccc(Br)cc2)CCC(O)CC1. The minimum absolute atomic E-state index is 0.101. The third-order valence-electron chi connectivity index (χ3n) is 3.88. The van der Waals surface area contributed by atoms with Gasteiger partial charge in [-0.1, -0.05) is 28.1 Å². The molecule has 1 aliphatic rings. The largest absolute Gasteiger partial charge is 0.393 e. The second-order valence-corrected chi connectivity index (χ2v) is 5.96. The summed E-state index contributed by atoms with van der Waals surface area (Å²) in [4.78, 5) is 0. The van der Waals surface area contributed by atoms with Gasteiger partial charge in [0.25, 0.3) is 0 Å². The highest BCUT2D eigenvalue weighted by Crippen LogP contribution is 2.39. The standard InChI is InChI=1S/C14H20BrNO/c1-16-10-14(8-6-13(17)7-9-14)11-2-4-12(15)5-3-11/h2-5,13,16-17H,6-10H2,1H3. The molecule has 0 amide bonds. The number of rotatable bonds is 3. The number of nitrogens with one attached hydrogen (secondary N) is 1. The molecule has 94 valence electrons. The molecule has 0 aliphatic heterocycles. The molecule has 2 rings (SSSR count). The summed E-state index contributed by atoms with van der Waals surface area (Å²) in [6.45, 7) is 0.987. The van der Waals surface area contributed by atoms with Crippen molar-refractivity contribution >= 4 is 15.9 Å². The lowest BCUT2D eigenvalue weighted by Gasteiger charge is -2.39. The second-order valence-electron chi connectivity index (χ2n) is 5.05. The van der Waals surface area contributed by atoms with Crippen molar-refractivity contribution in [2.45, 2.75) is 37.2 Å². The van der Waals surface area contributed by atoms with Crippen molar-refractivity contribution in [2.24, 2.45) is 0 Å². The molecule has 0 unspecified atom stereocenters. The Morgan fingerprint density at radius 3 is 2.41 bits per heavy atom. The number of aliphatic hydroxyl groups excluding tert-OH is 1. The molecule has 0 heterocycles. The highest BCUT2D eigenvalue weighted by molar-refractivity contribution is 9.10. The molecule has 0 aromatic heterocycles. The normalized spacial score (nSPS) is 29.2. The number of hydrogen-bond acceptors (Lipinski definition) is 2. The Bertz CT molecular complexity index is 355. The summed E-state index contributed by atoms with van der Waals surface area (Å²) in [5, 5.41) is 13.0. The number of benzene rings is 1. The summed E-state index contributed by atoms with van der Waals surface area (Å²) in [5.41, 5.74) is 1.59. The van der Waals surface area contributed by atoms with Crippen molar-refractivity contribution in [1.29, 1.82) is 0 Å². The van der Waals surface area contributed by atoms with Crippen LogP contribution in [0.25, 0.3) is 0 Å². The lowest BCUT2D eigenvalue weighted by Crippen LogP contribution is -2.41. The van der Waals surface area contributed by atoms with Crippen LogP contribution in [0.1, 0.15) is 31.2 Å². The maximum atomic E-state index is 9.67. The van der Waals surface area contributed by atoms with Crippen molar-refractivity contribution < 1.29 is 5.11 Å². The molecule has 1 aliphatic carbocycles. The van der Waals surface area contributed by atoms with E-state index in [0.717, 1.165) is 36.7 Å². The quantitative estimate of drug-likeness (QED) is 0.899. The van der Waals surface area contributed by atoms with Gasteiger partial charge in [-0.05, 0) is 50.4 Å². The van der Waals surface area contributed by atoms with Crippen molar-refractivity contribution in [3.05, 3.63) is 34.3 Å². The topological polar surface area (TPSA) is 32.3 Å². The Kier molecular flexibility index (Phi) is 4.23. The van der Waals surface area contributed by atoms with Gasteiger partial charge in [0, 0.05) is 16.4 Å². The van der Waals surface area contributed by atoms with E-state index in [1.165, 1.54) is 5.56 Å². The number of likely N-dealkylation sites (N-methyl/N-ethyl adjacent to an activating group) is 1. The van der Waals surface area contributed by atoms with E-state index in [9.17, 15) is 5.11 Å². The van der Waals surface area contributed by atoms with Gasteiger partial charge in [-0.25, -0.2) is 0 Å². The molecule has 2 N–H and O–H groups in total. The zero-order valence-electron chi connectivity index (χ0n) is 10.2. The molecule has 1 fully saturated rings. The first-order chi connectivity index (χ1) is 8.16. The third-order valence-corrected chi connectivity index (χ3v) is 4.41. The Balaban J connectivity index is 2.24. The van der Waals surface area contributed by atoms with Crippen LogP contribution < -0.4 is 5.32 Å². The molecule has 0 atom stereocenters. The minimum Gasteiger partial charge on any atom is -0.393 e. The molecule has 1 aromatic carbocycles. The fraction of sp³-hybridized carbons (Fsp3) is 0.571. The van der Waals surface area contributed by atoms with Gasteiger partial charge in [0.2, 0.25) is 0 Å². The minimum atomic E-state index is -0.101. The van der Waals surface area contributed by atoms with Crippen molar-refractivity contribution in [2.75, 3.05) is 13.6 Å². The zero-order valence-corrected chi connectivity index (χ0v) is 11.8. The van der Waals surface area contributed by atoms with Crippen LogP contribution in [0.4, 0.5) is 0 Å². The molecule has 0 spiro atoms. The molecule has 0 bridgehead atoms. The molecule has 1 saturated carbocycles. The summed E-state index contributed by atoms with van der Waals surface area (Å²) in [7, 11) is 2.01. The number of hydrogen-bond donors (Lipinski definition) is 2. The predicted octanol–water partition coefficient (Wildman–Crippen LogP) is 2.84. The predicted molar refractivity (Wildman–Crippen MR) is 74.2 cm³/mol. The van der Waals surface area contributed by atoms with Crippen molar-refractivity contribution in [1.82, 2.24) is 5.32 Å². The maximum absolute atomic E-state index is 9.67. The fourth-order valence-electron chi connectivity index (χ4n) is 2.86. The first-order valence-corrected chi connectivity index (χ1v) is 7.04. The third kappa shape index (κ3) is 2.90. The van der Waals surface area contributed by atoms with Gasteiger partial charge in [-0.15, -0.1) is 0 Å². The monoisotopic (exact) mass is 297 g/mol. The van der Waals surface area contributed by atoms with E-state index in [0.29, 0.717) is 0 Å².